The van der Waals surface area contributed by atoms with Gasteiger partial charge < -0.3 is 9.47 Å². The van der Waals surface area contributed by atoms with Crippen LogP contribution < -0.4 is 9.47 Å². The molecule has 1 heterocycles. The van der Waals surface area contributed by atoms with E-state index in [0.717, 1.165) is 6.42 Å². The number of fused-ring (bicyclic) bond motifs is 1. The number of carbonyl (C=O) groups excluding carboxylic acids is 1. The zero-order chi connectivity index (χ0) is 10.8. The molecule has 1 aliphatic rings. The second-order valence-corrected chi connectivity index (χ2v) is 4.41. The van der Waals surface area contributed by atoms with Gasteiger partial charge in [0.2, 0.25) is 6.79 Å². The predicted molar refractivity (Wildman–Crippen MR) is 59.9 cm³/mol. The number of halogens is 1. The number of carbonyl (C=O) groups is 1. The van der Waals surface area contributed by atoms with Crippen molar-refractivity contribution in [1.82, 2.24) is 0 Å². The van der Waals surface area contributed by atoms with Crippen molar-refractivity contribution in [2.24, 2.45) is 0 Å². The standard InChI is InChI=1S/C11H11BrO3/c1-2-8(12)11(13)7-3-4-9-10(5-7)15-6-14-9/h3-5,8H,2,6H2,1H3/t8-/m1/s1. The molecule has 4 heteroatoms. The van der Waals surface area contributed by atoms with Crippen LogP contribution in [0.3, 0.4) is 0 Å². The lowest BCUT2D eigenvalue weighted by Crippen LogP contribution is -2.12. The van der Waals surface area contributed by atoms with Crippen molar-refractivity contribution in [1.29, 1.82) is 0 Å². The van der Waals surface area contributed by atoms with Crippen molar-refractivity contribution in [3.8, 4) is 11.5 Å². The van der Waals surface area contributed by atoms with E-state index in [1.807, 2.05) is 6.92 Å². The Morgan fingerprint density at radius 1 is 1.47 bits per heavy atom. The zero-order valence-corrected chi connectivity index (χ0v) is 9.91. The Morgan fingerprint density at radius 3 is 2.93 bits per heavy atom. The summed E-state index contributed by atoms with van der Waals surface area (Å²) in [4.78, 5) is 11.7. The van der Waals surface area contributed by atoms with Gasteiger partial charge in [-0.1, -0.05) is 22.9 Å². The number of Topliss-reactive ketones (excluding diaryl/α,β-unsaturated/α-hetero) is 1. The van der Waals surface area contributed by atoms with E-state index in [-0.39, 0.29) is 17.4 Å². The maximum absolute atomic E-state index is 11.8. The quantitative estimate of drug-likeness (QED) is 0.626. The average molecular weight is 271 g/mol. The molecule has 0 amide bonds. The fraction of sp³-hybridized carbons (Fsp3) is 0.364. The highest BCUT2D eigenvalue weighted by atomic mass is 79.9. The minimum absolute atomic E-state index is 0.0794. The molecule has 0 aromatic heterocycles. The van der Waals surface area contributed by atoms with E-state index in [2.05, 4.69) is 15.9 Å². The fourth-order valence-electron chi connectivity index (χ4n) is 1.42. The Bertz CT molecular complexity index is 389. The molecule has 1 aromatic carbocycles. The Labute approximate surface area is 96.5 Å². The molecule has 15 heavy (non-hydrogen) atoms. The van der Waals surface area contributed by atoms with Crippen LogP contribution in [-0.4, -0.2) is 17.4 Å². The SMILES string of the molecule is CC[C@@H](Br)C(=O)c1ccc2c(c1)OCO2. The summed E-state index contributed by atoms with van der Waals surface area (Å²) in [5.74, 6) is 1.43. The first kappa shape index (κ1) is 10.5. The van der Waals surface area contributed by atoms with Crippen LogP contribution in [0.15, 0.2) is 18.2 Å². The van der Waals surface area contributed by atoms with Crippen molar-refractivity contribution >= 4 is 21.7 Å². The maximum atomic E-state index is 11.8. The Kier molecular flexibility index (Phi) is 2.95. The van der Waals surface area contributed by atoms with Gasteiger partial charge in [0.1, 0.15) is 0 Å². The number of hydrogen-bond donors (Lipinski definition) is 0. The third-order valence-electron chi connectivity index (χ3n) is 2.30. The summed E-state index contributed by atoms with van der Waals surface area (Å²) < 4.78 is 10.4. The molecule has 0 fully saturated rings. The molecule has 0 radical (unpaired) electrons. The molecular weight excluding hydrogens is 260 g/mol. The molecule has 80 valence electrons. The summed E-state index contributed by atoms with van der Waals surface area (Å²) in [5.41, 5.74) is 0.656. The average Bonchev–Trinajstić information content (AvgIpc) is 2.73. The van der Waals surface area contributed by atoms with Crippen LogP contribution in [0.2, 0.25) is 0 Å². The topological polar surface area (TPSA) is 35.5 Å². The molecule has 0 spiro atoms. The van der Waals surface area contributed by atoms with E-state index >= 15 is 0 Å². The second-order valence-electron chi connectivity index (χ2n) is 3.31. The first-order valence-electron chi connectivity index (χ1n) is 4.80. The largest absolute Gasteiger partial charge is 0.454 e. The third-order valence-corrected chi connectivity index (χ3v) is 3.36. The summed E-state index contributed by atoms with van der Waals surface area (Å²) >= 11 is 3.34. The van der Waals surface area contributed by atoms with Crippen molar-refractivity contribution in [2.75, 3.05) is 6.79 Å². The number of benzene rings is 1. The van der Waals surface area contributed by atoms with Gasteiger partial charge in [-0.15, -0.1) is 0 Å². The van der Waals surface area contributed by atoms with Crippen molar-refractivity contribution < 1.29 is 14.3 Å². The van der Waals surface area contributed by atoms with Gasteiger partial charge in [-0.05, 0) is 24.6 Å². The molecule has 0 saturated carbocycles. The van der Waals surface area contributed by atoms with Gasteiger partial charge >= 0.3 is 0 Å². The molecule has 1 atom stereocenters. The monoisotopic (exact) mass is 270 g/mol. The lowest BCUT2D eigenvalue weighted by atomic mass is 10.1. The molecular formula is C11H11BrO3. The van der Waals surface area contributed by atoms with Gasteiger partial charge in [0.25, 0.3) is 0 Å². The smallest absolute Gasteiger partial charge is 0.231 e. The molecule has 0 N–H and O–H groups in total. The van der Waals surface area contributed by atoms with Crippen molar-refractivity contribution in [3.05, 3.63) is 23.8 Å². The third kappa shape index (κ3) is 2.00. The van der Waals surface area contributed by atoms with Gasteiger partial charge in [0.15, 0.2) is 17.3 Å². The van der Waals surface area contributed by atoms with E-state index < -0.39 is 0 Å². The molecule has 1 aromatic rings. The van der Waals surface area contributed by atoms with Crippen LogP contribution in [0.25, 0.3) is 0 Å². The van der Waals surface area contributed by atoms with Gasteiger partial charge in [0, 0.05) is 5.56 Å². The molecule has 3 nitrogen and oxygen atoms in total. The molecule has 1 aliphatic heterocycles. The predicted octanol–water partition coefficient (Wildman–Crippen LogP) is 2.77. The first-order valence-corrected chi connectivity index (χ1v) is 5.72. The molecule has 0 saturated heterocycles. The van der Waals surface area contributed by atoms with Gasteiger partial charge in [-0.3, -0.25) is 4.79 Å². The zero-order valence-electron chi connectivity index (χ0n) is 8.33. The van der Waals surface area contributed by atoms with Crippen molar-refractivity contribution in [3.63, 3.8) is 0 Å². The Hall–Kier alpha value is -1.03. The highest BCUT2D eigenvalue weighted by Gasteiger charge is 2.19. The summed E-state index contributed by atoms with van der Waals surface area (Å²) in [5, 5.41) is 0. The molecule has 0 unspecified atom stereocenters. The second kappa shape index (κ2) is 4.23. The number of ketones is 1. The highest BCUT2D eigenvalue weighted by molar-refractivity contribution is 9.10. The van der Waals surface area contributed by atoms with Gasteiger partial charge in [0.05, 0.1) is 4.83 Å². The minimum atomic E-state index is -0.127. The maximum Gasteiger partial charge on any atom is 0.231 e. The van der Waals surface area contributed by atoms with E-state index in [0.29, 0.717) is 17.1 Å². The van der Waals surface area contributed by atoms with Crippen LogP contribution in [0.5, 0.6) is 11.5 Å². The van der Waals surface area contributed by atoms with Gasteiger partial charge in [-0.2, -0.15) is 0 Å². The van der Waals surface area contributed by atoms with Crippen LogP contribution in [0, 0.1) is 0 Å². The number of alkyl halides is 1. The van der Waals surface area contributed by atoms with Crippen LogP contribution in [0.1, 0.15) is 23.7 Å². The summed E-state index contributed by atoms with van der Waals surface area (Å²) in [6.45, 7) is 2.20. The van der Waals surface area contributed by atoms with Crippen LogP contribution in [0.4, 0.5) is 0 Å². The van der Waals surface area contributed by atoms with Crippen LogP contribution in [-0.2, 0) is 0 Å². The van der Waals surface area contributed by atoms with E-state index in [1.54, 1.807) is 18.2 Å². The normalized spacial score (nSPS) is 15.1. The fourth-order valence-corrected chi connectivity index (χ4v) is 1.68. The van der Waals surface area contributed by atoms with E-state index in [1.165, 1.54) is 0 Å². The Balaban J connectivity index is 2.26. The molecule has 0 bridgehead atoms. The van der Waals surface area contributed by atoms with E-state index in [9.17, 15) is 4.79 Å². The first-order chi connectivity index (χ1) is 7.22. The highest BCUT2D eigenvalue weighted by Crippen LogP contribution is 2.33. The Morgan fingerprint density at radius 2 is 2.20 bits per heavy atom. The number of hydrogen-bond acceptors (Lipinski definition) is 3. The summed E-state index contributed by atoms with van der Waals surface area (Å²) in [6, 6.07) is 5.26. The minimum Gasteiger partial charge on any atom is -0.454 e. The summed E-state index contributed by atoms with van der Waals surface area (Å²) in [6.07, 6.45) is 0.771. The number of ether oxygens (including phenoxy) is 2. The van der Waals surface area contributed by atoms with Gasteiger partial charge in [-0.25, -0.2) is 0 Å². The number of rotatable bonds is 3. The van der Waals surface area contributed by atoms with Crippen molar-refractivity contribution in [2.45, 2.75) is 18.2 Å². The molecule has 2 rings (SSSR count). The van der Waals surface area contributed by atoms with E-state index in [4.69, 9.17) is 9.47 Å². The van der Waals surface area contributed by atoms with Crippen LogP contribution >= 0.6 is 15.9 Å². The summed E-state index contributed by atoms with van der Waals surface area (Å²) in [7, 11) is 0. The lowest BCUT2D eigenvalue weighted by molar-refractivity contribution is 0.0989. The lowest BCUT2D eigenvalue weighted by Gasteiger charge is -2.06. The molecule has 0 aliphatic carbocycles.